The molecule has 0 aliphatic rings. The standard InChI is InChI=1S/C32H33N3O2/c1-32(2,3)15-18-35(30-28-11-9-27(31(36)37)20-25(28)13-16-33-30)21-22-5-7-23(8-6-22)24-10-12-29-26(19-24)14-17-34(29)4/h5-14,16-17,19-20H,15,18,21H2,1-4H3,(H,36,37). The van der Waals surface area contributed by atoms with Gasteiger partial charge >= 0.3 is 5.97 Å². The van der Waals surface area contributed by atoms with Gasteiger partial charge in [-0.15, -0.1) is 0 Å². The lowest BCUT2D eigenvalue weighted by atomic mass is 9.92. The van der Waals surface area contributed by atoms with Gasteiger partial charge in [0, 0.05) is 48.8 Å². The molecule has 0 amide bonds. The Labute approximate surface area is 218 Å². The minimum atomic E-state index is -0.920. The molecule has 188 valence electrons. The number of pyridine rings is 1. The predicted molar refractivity (Wildman–Crippen MR) is 152 cm³/mol. The third kappa shape index (κ3) is 5.36. The van der Waals surface area contributed by atoms with E-state index >= 15 is 0 Å². The molecule has 0 aliphatic heterocycles. The molecule has 0 saturated carbocycles. The third-order valence-electron chi connectivity index (χ3n) is 6.97. The van der Waals surface area contributed by atoms with Gasteiger partial charge in [-0.1, -0.05) is 51.1 Å². The largest absolute Gasteiger partial charge is 0.478 e. The highest BCUT2D eigenvalue weighted by molar-refractivity contribution is 5.98. The van der Waals surface area contributed by atoms with Crippen LogP contribution in [-0.4, -0.2) is 27.2 Å². The van der Waals surface area contributed by atoms with Crippen molar-refractivity contribution in [2.75, 3.05) is 11.4 Å². The SMILES string of the molecule is Cn1ccc2cc(-c3ccc(CN(CCC(C)(C)C)c4nccc5cc(C(=O)O)ccc45)cc3)ccc21. The van der Waals surface area contributed by atoms with E-state index in [2.05, 4.69) is 92.0 Å². The van der Waals surface area contributed by atoms with Crippen molar-refractivity contribution in [3.8, 4) is 11.1 Å². The molecule has 0 fully saturated rings. The summed E-state index contributed by atoms with van der Waals surface area (Å²) >= 11 is 0. The maximum atomic E-state index is 11.5. The molecule has 0 radical (unpaired) electrons. The van der Waals surface area contributed by atoms with Crippen LogP contribution >= 0.6 is 0 Å². The topological polar surface area (TPSA) is 58.4 Å². The van der Waals surface area contributed by atoms with Gasteiger partial charge in [0.05, 0.1) is 5.56 Å². The van der Waals surface area contributed by atoms with Crippen molar-refractivity contribution in [3.63, 3.8) is 0 Å². The van der Waals surface area contributed by atoms with Crippen LogP contribution in [0.3, 0.4) is 0 Å². The van der Waals surface area contributed by atoms with Gasteiger partial charge < -0.3 is 14.6 Å². The number of carboxylic acids is 1. The maximum Gasteiger partial charge on any atom is 0.335 e. The van der Waals surface area contributed by atoms with E-state index in [1.165, 1.54) is 27.6 Å². The lowest BCUT2D eigenvalue weighted by molar-refractivity contribution is 0.0697. The van der Waals surface area contributed by atoms with Crippen molar-refractivity contribution in [1.29, 1.82) is 0 Å². The Bertz CT molecular complexity index is 1580. The van der Waals surface area contributed by atoms with Crippen LogP contribution in [0.15, 0.2) is 85.2 Å². The molecule has 5 aromatic rings. The number of carbonyl (C=O) groups is 1. The third-order valence-corrected chi connectivity index (χ3v) is 6.97. The second-order valence-corrected chi connectivity index (χ2v) is 11.0. The Kier molecular flexibility index (Phi) is 6.46. The van der Waals surface area contributed by atoms with Gasteiger partial charge in [0.15, 0.2) is 0 Å². The van der Waals surface area contributed by atoms with Crippen molar-refractivity contribution in [1.82, 2.24) is 9.55 Å². The van der Waals surface area contributed by atoms with Crippen LogP contribution in [-0.2, 0) is 13.6 Å². The average Bonchev–Trinajstić information content (AvgIpc) is 3.25. The van der Waals surface area contributed by atoms with Crippen LogP contribution in [0.2, 0.25) is 0 Å². The summed E-state index contributed by atoms with van der Waals surface area (Å²) in [6.45, 7) is 8.32. The summed E-state index contributed by atoms with van der Waals surface area (Å²) in [6, 6.07) is 24.7. The van der Waals surface area contributed by atoms with E-state index in [0.717, 1.165) is 36.1 Å². The highest BCUT2D eigenvalue weighted by Crippen LogP contribution is 2.30. The van der Waals surface area contributed by atoms with Crippen molar-refractivity contribution < 1.29 is 9.90 Å². The van der Waals surface area contributed by atoms with Crippen LogP contribution in [0, 0.1) is 5.41 Å². The van der Waals surface area contributed by atoms with Gasteiger partial charge in [-0.2, -0.15) is 0 Å². The molecule has 5 heteroatoms. The number of nitrogens with zero attached hydrogens (tertiary/aromatic N) is 3. The number of hydrogen-bond acceptors (Lipinski definition) is 3. The molecule has 0 unspecified atom stereocenters. The molecule has 2 heterocycles. The first-order chi connectivity index (χ1) is 17.7. The van der Waals surface area contributed by atoms with Crippen LogP contribution in [0.4, 0.5) is 5.82 Å². The number of aromatic carboxylic acids is 1. The normalized spacial score (nSPS) is 11.8. The number of benzene rings is 3. The number of carboxylic acid groups (broad SMARTS) is 1. The molecule has 0 spiro atoms. The first kappa shape index (κ1) is 24.6. The van der Waals surface area contributed by atoms with Gasteiger partial charge in [0.2, 0.25) is 0 Å². The quantitative estimate of drug-likeness (QED) is 0.256. The molecule has 3 aromatic carbocycles. The molecule has 0 aliphatic carbocycles. The van der Waals surface area contributed by atoms with E-state index < -0.39 is 5.97 Å². The summed E-state index contributed by atoms with van der Waals surface area (Å²) in [5, 5.41) is 12.5. The number of hydrogen-bond donors (Lipinski definition) is 1. The van der Waals surface area contributed by atoms with E-state index in [1.54, 1.807) is 18.3 Å². The molecular weight excluding hydrogens is 458 g/mol. The van der Waals surface area contributed by atoms with Gasteiger partial charge in [-0.3, -0.25) is 0 Å². The summed E-state index contributed by atoms with van der Waals surface area (Å²) < 4.78 is 2.14. The summed E-state index contributed by atoms with van der Waals surface area (Å²) in [5.74, 6) is -0.0337. The van der Waals surface area contributed by atoms with E-state index in [0.29, 0.717) is 0 Å². The fourth-order valence-electron chi connectivity index (χ4n) is 4.76. The van der Waals surface area contributed by atoms with Crippen LogP contribution < -0.4 is 4.90 Å². The van der Waals surface area contributed by atoms with Gasteiger partial charge in [-0.05, 0) is 76.4 Å². The smallest absolute Gasteiger partial charge is 0.335 e. The monoisotopic (exact) mass is 491 g/mol. The molecule has 0 bridgehead atoms. The van der Waals surface area contributed by atoms with E-state index in [9.17, 15) is 9.90 Å². The Balaban J connectivity index is 1.45. The predicted octanol–water partition coefficient (Wildman–Crippen LogP) is 7.53. The summed E-state index contributed by atoms with van der Waals surface area (Å²) in [4.78, 5) is 18.6. The zero-order valence-electron chi connectivity index (χ0n) is 21.9. The molecule has 0 atom stereocenters. The Morgan fingerprint density at radius 1 is 0.919 bits per heavy atom. The molecule has 37 heavy (non-hydrogen) atoms. The average molecular weight is 492 g/mol. The molecule has 5 nitrogen and oxygen atoms in total. The van der Waals surface area contributed by atoms with E-state index in [4.69, 9.17) is 4.98 Å². The summed E-state index contributed by atoms with van der Waals surface area (Å²) in [7, 11) is 2.07. The molecular formula is C32H33N3O2. The number of aromatic nitrogens is 2. The number of aryl methyl sites for hydroxylation is 1. The second kappa shape index (κ2) is 9.74. The zero-order chi connectivity index (χ0) is 26.2. The van der Waals surface area contributed by atoms with Crippen molar-refractivity contribution >= 4 is 33.5 Å². The zero-order valence-corrected chi connectivity index (χ0v) is 21.9. The minimum absolute atomic E-state index is 0.180. The fraction of sp³-hybridized carbons (Fsp3) is 0.250. The number of fused-ring (bicyclic) bond motifs is 2. The van der Waals surface area contributed by atoms with E-state index in [1.807, 2.05) is 12.1 Å². The minimum Gasteiger partial charge on any atom is -0.478 e. The molecule has 5 rings (SSSR count). The van der Waals surface area contributed by atoms with Gasteiger partial charge in [0.1, 0.15) is 5.82 Å². The van der Waals surface area contributed by atoms with Gasteiger partial charge in [0.25, 0.3) is 0 Å². The Hall–Kier alpha value is -4.12. The first-order valence-corrected chi connectivity index (χ1v) is 12.7. The molecule has 1 N–H and O–H groups in total. The summed E-state index contributed by atoms with van der Waals surface area (Å²) in [5.41, 5.74) is 5.31. The van der Waals surface area contributed by atoms with Crippen LogP contribution in [0.5, 0.6) is 0 Å². The Morgan fingerprint density at radius 3 is 2.41 bits per heavy atom. The lowest BCUT2D eigenvalue weighted by Gasteiger charge is -2.29. The molecule has 0 saturated heterocycles. The number of rotatable bonds is 7. The van der Waals surface area contributed by atoms with Crippen molar-refractivity contribution in [2.24, 2.45) is 12.5 Å². The summed E-state index contributed by atoms with van der Waals surface area (Å²) in [6.07, 6.45) is 4.87. The first-order valence-electron chi connectivity index (χ1n) is 12.7. The van der Waals surface area contributed by atoms with Crippen molar-refractivity contribution in [3.05, 3.63) is 96.3 Å². The van der Waals surface area contributed by atoms with Crippen molar-refractivity contribution in [2.45, 2.75) is 33.7 Å². The Morgan fingerprint density at radius 2 is 1.68 bits per heavy atom. The second-order valence-electron chi connectivity index (χ2n) is 11.0. The van der Waals surface area contributed by atoms with Crippen LogP contribution in [0.25, 0.3) is 32.8 Å². The van der Waals surface area contributed by atoms with Crippen LogP contribution in [0.1, 0.15) is 43.1 Å². The number of anilines is 1. The lowest BCUT2D eigenvalue weighted by Crippen LogP contribution is -2.28. The highest BCUT2D eigenvalue weighted by atomic mass is 16.4. The highest BCUT2D eigenvalue weighted by Gasteiger charge is 2.18. The van der Waals surface area contributed by atoms with E-state index in [-0.39, 0.29) is 11.0 Å². The molecule has 2 aromatic heterocycles. The maximum absolute atomic E-state index is 11.5. The fourth-order valence-corrected chi connectivity index (χ4v) is 4.76. The van der Waals surface area contributed by atoms with Gasteiger partial charge in [-0.25, -0.2) is 9.78 Å².